The largest absolute Gasteiger partial charge is 0.378 e. The summed E-state index contributed by atoms with van der Waals surface area (Å²) >= 11 is 0. The molecule has 2 aliphatic rings. The van der Waals surface area contributed by atoms with E-state index in [0.29, 0.717) is 31.4 Å². The van der Waals surface area contributed by atoms with Gasteiger partial charge in [0.1, 0.15) is 0 Å². The average Bonchev–Trinajstić information content (AvgIpc) is 2.38. The molecule has 0 aromatic rings. The maximum atomic E-state index is 12.3. The predicted molar refractivity (Wildman–Crippen MR) is 71.0 cm³/mol. The van der Waals surface area contributed by atoms with Gasteiger partial charge in [0.15, 0.2) is 0 Å². The zero-order valence-electron chi connectivity index (χ0n) is 11.1. The van der Waals surface area contributed by atoms with E-state index in [1.165, 1.54) is 0 Å². The summed E-state index contributed by atoms with van der Waals surface area (Å²) in [6.07, 6.45) is 3.01. The van der Waals surface area contributed by atoms with Crippen LogP contribution in [0.1, 0.15) is 26.2 Å². The van der Waals surface area contributed by atoms with Crippen molar-refractivity contribution in [1.29, 1.82) is 0 Å². The Bertz CT molecular complexity index is 352. The van der Waals surface area contributed by atoms with Crippen LogP contribution in [0, 0.1) is 5.92 Å². The number of hydrogen-bond acceptors (Lipinski definition) is 4. The van der Waals surface area contributed by atoms with Crippen LogP contribution in [0.2, 0.25) is 0 Å². The predicted octanol–water partition coefficient (Wildman–Crippen LogP) is 0.427. The zero-order valence-corrected chi connectivity index (χ0v) is 11.9. The van der Waals surface area contributed by atoms with Crippen molar-refractivity contribution in [1.82, 2.24) is 9.62 Å². The summed E-state index contributed by atoms with van der Waals surface area (Å²) in [5, 5.41) is 3.31. The Balaban J connectivity index is 1.85. The van der Waals surface area contributed by atoms with Crippen LogP contribution in [0.15, 0.2) is 0 Å². The highest BCUT2D eigenvalue weighted by atomic mass is 32.2. The molecule has 2 heterocycles. The lowest BCUT2D eigenvalue weighted by atomic mass is 9.96. The van der Waals surface area contributed by atoms with Crippen molar-refractivity contribution < 1.29 is 13.2 Å². The van der Waals surface area contributed by atoms with E-state index in [9.17, 15) is 8.42 Å². The summed E-state index contributed by atoms with van der Waals surface area (Å²) in [5.74, 6) is 0.861. The Morgan fingerprint density at radius 2 is 2.06 bits per heavy atom. The van der Waals surface area contributed by atoms with Gasteiger partial charge in [-0.3, -0.25) is 0 Å². The minimum Gasteiger partial charge on any atom is -0.378 e. The van der Waals surface area contributed by atoms with E-state index in [1.807, 2.05) is 6.92 Å². The molecular weight excluding hydrogens is 252 g/mol. The number of hydrogen-bond donors (Lipinski definition) is 1. The molecule has 2 fully saturated rings. The molecule has 2 aliphatic heterocycles. The number of nitrogens with zero attached hydrogens (tertiary/aromatic N) is 1. The fourth-order valence-corrected chi connectivity index (χ4v) is 4.56. The third-order valence-electron chi connectivity index (χ3n) is 3.91. The lowest BCUT2D eigenvalue weighted by Crippen LogP contribution is -2.48. The van der Waals surface area contributed by atoms with Crippen molar-refractivity contribution in [3.8, 4) is 0 Å². The van der Waals surface area contributed by atoms with E-state index in [-0.39, 0.29) is 6.04 Å². The van der Waals surface area contributed by atoms with Crippen LogP contribution in [-0.4, -0.2) is 57.4 Å². The van der Waals surface area contributed by atoms with Crippen molar-refractivity contribution in [2.75, 3.05) is 38.6 Å². The molecule has 0 aromatic carbocycles. The zero-order chi connectivity index (χ0) is 13.0. The smallest absolute Gasteiger partial charge is 0.214 e. The Kier molecular flexibility index (Phi) is 5.00. The first-order valence-electron chi connectivity index (χ1n) is 6.87. The third kappa shape index (κ3) is 3.66. The summed E-state index contributed by atoms with van der Waals surface area (Å²) in [4.78, 5) is 0. The second-order valence-electron chi connectivity index (χ2n) is 5.33. The molecule has 6 heteroatoms. The highest BCUT2D eigenvalue weighted by Crippen LogP contribution is 2.19. The van der Waals surface area contributed by atoms with Gasteiger partial charge in [-0.15, -0.1) is 0 Å². The van der Waals surface area contributed by atoms with Crippen LogP contribution in [0.4, 0.5) is 0 Å². The number of ether oxygens (including phenoxy) is 1. The highest BCUT2D eigenvalue weighted by Gasteiger charge is 2.30. The van der Waals surface area contributed by atoms with E-state index in [4.69, 9.17) is 4.74 Å². The van der Waals surface area contributed by atoms with Crippen LogP contribution < -0.4 is 5.32 Å². The molecule has 1 atom stereocenters. The molecule has 1 unspecified atom stereocenters. The Morgan fingerprint density at radius 3 is 2.72 bits per heavy atom. The summed E-state index contributed by atoms with van der Waals surface area (Å²) < 4.78 is 31.5. The van der Waals surface area contributed by atoms with Crippen molar-refractivity contribution in [2.24, 2.45) is 5.92 Å². The number of morpholine rings is 1. The second kappa shape index (κ2) is 6.32. The van der Waals surface area contributed by atoms with Crippen molar-refractivity contribution in [3.05, 3.63) is 0 Å². The minimum atomic E-state index is -3.10. The number of piperidine rings is 1. The quantitative estimate of drug-likeness (QED) is 0.809. The molecule has 5 nitrogen and oxygen atoms in total. The molecule has 1 N–H and O–H groups in total. The van der Waals surface area contributed by atoms with Crippen molar-refractivity contribution in [2.45, 2.75) is 32.2 Å². The normalized spacial score (nSPS) is 28.4. The van der Waals surface area contributed by atoms with Gasteiger partial charge in [0.2, 0.25) is 10.0 Å². The highest BCUT2D eigenvalue weighted by molar-refractivity contribution is 7.89. The van der Waals surface area contributed by atoms with Gasteiger partial charge in [-0.1, -0.05) is 0 Å². The van der Waals surface area contributed by atoms with E-state index in [2.05, 4.69) is 5.32 Å². The molecular formula is C12H24N2O3S. The first-order chi connectivity index (χ1) is 8.59. The van der Waals surface area contributed by atoms with Crippen LogP contribution in [0.5, 0.6) is 0 Å². The SMILES string of the molecule is CC1COCCN1S(=O)(=O)CCC1CCNCC1. The van der Waals surface area contributed by atoms with E-state index in [1.54, 1.807) is 4.31 Å². The van der Waals surface area contributed by atoms with E-state index >= 15 is 0 Å². The monoisotopic (exact) mass is 276 g/mol. The van der Waals surface area contributed by atoms with Gasteiger partial charge in [0, 0.05) is 12.6 Å². The molecule has 2 rings (SSSR count). The standard InChI is InChI=1S/C12H24N2O3S/c1-11-10-17-8-7-14(11)18(15,16)9-4-12-2-5-13-6-3-12/h11-13H,2-10H2,1H3. The first-order valence-corrected chi connectivity index (χ1v) is 8.48. The molecule has 2 saturated heterocycles. The lowest BCUT2D eigenvalue weighted by Gasteiger charge is -2.33. The minimum absolute atomic E-state index is 0.0169. The van der Waals surface area contributed by atoms with Gasteiger partial charge < -0.3 is 10.1 Å². The van der Waals surface area contributed by atoms with Crippen LogP contribution >= 0.6 is 0 Å². The van der Waals surface area contributed by atoms with Gasteiger partial charge in [-0.2, -0.15) is 4.31 Å². The molecule has 0 radical (unpaired) electrons. The third-order valence-corrected chi connectivity index (χ3v) is 5.92. The molecule has 0 amide bonds. The van der Waals surface area contributed by atoms with Gasteiger partial charge in [0.05, 0.1) is 19.0 Å². The Morgan fingerprint density at radius 1 is 1.33 bits per heavy atom. The van der Waals surface area contributed by atoms with Crippen LogP contribution in [0.25, 0.3) is 0 Å². The first kappa shape index (κ1) is 14.2. The van der Waals surface area contributed by atoms with Crippen molar-refractivity contribution >= 4 is 10.0 Å². The topological polar surface area (TPSA) is 58.6 Å². The fraction of sp³-hybridized carbons (Fsp3) is 1.00. The fourth-order valence-electron chi connectivity index (χ4n) is 2.73. The molecule has 0 saturated carbocycles. The second-order valence-corrected chi connectivity index (χ2v) is 7.37. The van der Waals surface area contributed by atoms with Gasteiger partial charge in [-0.05, 0) is 45.2 Å². The molecule has 0 spiro atoms. The summed E-state index contributed by atoms with van der Waals surface area (Å²) in [6, 6.07) is -0.0169. The number of sulfonamides is 1. The Labute approximate surface area is 110 Å². The van der Waals surface area contributed by atoms with Crippen LogP contribution in [-0.2, 0) is 14.8 Å². The summed E-state index contributed by atoms with van der Waals surface area (Å²) in [5.41, 5.74) is 0. The summed E-state index contributed by atoms with van der Waals surface area (Å²) in [7, 11) is -3.10. The van der Waals surface area contributed by atoms with Gasteiger partial charge in [-0.25, -0.2) is 8.42 Å². The van der Waals surface area contributed by atoms with E-state index in [0.717, 1.165) is 32.4 Å². The maximum Gasteiger partial charge on any atom is 0.214 e. The molecule has 0 aliphatic carbocycles. The van der Waals surface area contributed by atoms with Crippen molar-refractivity contribution in [3.63, 3.8) is 0 Å². The van der Waals surface area contributed by atoms with Crippen LogP contribution in [0.3, 0.4) is 0 Å². The maximum absolute atomic E-state index is 12.3. The Hall–Kier alpha value is -0.170. The van der Waals surface area contributed by atoms with Gasteiger partial charge in [0.25, 0.3) is 0 Å². The molecule has 18 heavy (non-hydrogen) atoms. The number of rotatable bonds is 4. The summed E-state index contributed by atoms with van der Waals surface area (Å²) in [6.45, 7) is 5.53. The average molecular weight is 276 g/mol. The van der Waals surface area contributed by atoms with E-state index < -0.39 is 10.0 Å². The van der Waals surface area contributed by atoms with Gasteiger partial charge >= 0.3 is 0 Å². The lowest BCUT2D eigenvalue weighted by molar-refractivity contribution is 0.0392. The molecule has 0 bridgehead atoms. The molecule has 106 valence electrons. The number of nitrogens with one attached hydrogen (secondary N) is 1. The molecule has 0 aromatic heterocycles.